The summed E-state index contributed by atoms with van der Waals surface area (Å²) in [5.74, 6) is 0. The molecule has 0 saturated carbocycles. The third-order valence-corrected chi connectivity index (χ3v) is 11.7. The fourth-order valence-electron chi connectivity index (χ4n) is 9.30. The topological polar surface area (TPSA) is 26.0 Å². The summed E-state index contributed by atoms with van der Waals surface area (Å²) in [7, 11) is 0. The second kappa shape index (κ2) is 14.5. The Balaban J connectivity index is 1.17. The van der Waals surface area contributed by atoms with Gasteiger partial charge >= 0.3 is 0 Å². The molecule has 3 aromatic heterocycles. The molecule has 284 valence electrons. The summed E-state index contributed by atoms with van der Waals surface area (Å²) < 4.78 is 4.77. The zero-order valence-electron chi connectivity index (χ0n) is 33.2. The summed E-state index contributed by atoms with van der Waals surface area (Å²) in [5.41, 5.74) is 18.6. The van der Waals surface area contributed by atoms with Crippen LogP contribution in [0, 0.1) is 0 Å². The third-order valence-electron chi connectivity index (χ3n) is 11.7. The van der Waals surface area contributed by atoms with Gasteiger partial charge in [-0.3, -0.25) is 0 Å². The smallest absolute Gasteiger partial charge is 0.0716 e. The highest BCUT2D eigenvalue weighted by Gasteiger charge is 2.33. The SMILES string of the molecule is C=Cc1c(/C=C\C)n(-c2cccc(-c3cccc(-c4cccc5c4-c4c(n(-c6ccccc6)c6ccccc46)-c4ccccc4N5c4ccccc4)n3)c2)c2ccccc12. The highest BCUT2D eigenvalue weighted by molar-refractivity contribution is 6.15. The Bertz CT molecular complexity index is 3290. The summed E-state index contributed by atoms with van der Waals surface area (Å²) in [6, 6.07) is 69.5. The predicted molar refractivity (Wildman–Crippen MR) is 253 cm³/mol. The van der Waals surface area contributed by atoms with E-state index in [2.05, 4.69) is 234 Å². The number of anilines is 3. The Morgan fingerprint density at radius 3 is 1.87 bits per heavy atom. The summed E-state index contributed by atoms with van der Waals surface area (Å²) in [6.07, 6.45) is 6.23. The molecule has 0 saturated heterocycles. The van der Waals surface area contributed by atoms with Gasteiger partial charge in [0.2, 0.25) is 0 Å². The van der Waals surface area contributed by atoms with Gasteiger partial charge in [0.1, 0.15) is 0 Å². The van der Waals surface area contributed by atoms with Crippen molar-refractivity contribution in [3.63, 3.8) is 0 Å². The van der Waals surface area contributed by atoms with E-state index in [0.717, 1.165) is 90.1 Å². The fraction of sp³-hybridized carbons (Fsp3) is 0.0179. The highest BCUT2D eigenvalue weighted by Crippen LogP contribution is 2.56. The molecule has 1 aliphatic heterocycles. The Hall–Kier alpha value is -7.95. The molecule has 4 heterocycles. The standard InChI is InChI=1S/C56H40N4/c1-3-20-49-42(4-2)43-27-11-14-33-50(43)59(49)41-26-17-21-38(37-41)47-31-19-32-48(57-47)44-30-18-36-53-54(44)55-45-28-12-15-34-51(45)60(40-24-9-6-10-25-40)56(55)46-29-13-16-35-52(46)58(53)39-22-7-5-8-23-39/h3-37H,2H2,1H3/b20-3-. The van der Waals surface area contributed by atoms with Gasteiger partial charge in [0.05, 0.1) is 45.2 Å². The highest BCUT2D eigenvalue weighted by atomic mass is 15.2. The Morgan fingerprint density at radius 1 is 0.483 bits per heavy atom. The maximum atomic E-state index is 5.53. The predicted octanol–water partition coefficient (Wildman–Crippen LogP) is 15.1. The van der Waals surface area contributed by atoms with E-state index in [-0.39, 0.29) is 0 Å². The zero-order chi connectivity index (χ0) is 40.2. The van der Waals surface area contributed by atoms with Crippen molar-refractivity contribution in [1.82, 2.24) is 14.1 Å². The number of pyridine rings is 1. The molecule has 0 unspecified atom stereocenters. The first-order valence-electron chi connectivity index (χ1n) is 20.5. The van der Waals surface area contributed by atoms with Crippen molar-refractivity contribution in [1.29, 1.82) is 0 Å². The lowest BCUT2D eigenvalue weighted by Gasteiger charge is -2.28. The maximum Gasteiger partial charge on any atom is 0.0716 e. The van der Waals surface area contributed by atoms with Gasteiger partial charge in [0.25, 0.3) is 0 Å². The van der Waals surface area contributed by atoms with Gasteiger partial charge in [-0.15, -0.1) is 0 Å². The Morgan fingerprint density at radius 2 is 1.08 bits per heavy atom. The van der Waals surface area contributed by atoms with Crippen LogP contribution in [0.15, 0.2) is 207 Å². The minimum atomic E-state index is 0.906. The number of para-hydroxylation sites is 5. The van der Waals surface area contributed by atoms with Gasteiger partial charge in [0, 0.05) is 61.2 Å². The van der Waals surface area contributed by atoms with E-state index in [1.807, 2.05) is 6.08 Å². The number of allylic oxidation sites excluding steroid dienone is 1. The van der Waals surface area contributed by atoms with Gasteiger partial charge in [-0.2, -0.15) is 0 Å². The van der Waals surface area contributed by atoms with Crippen molar-refractivity contribution in [2.75, 3.05) is 4.90 Å². The molecule has 0 fully saturated rings. The van der Waals surface area contributed by atoms with Crippen molar-refractivity contribution >= 4 is 51.0 Å². The molecule has 60 heavy (non-hydrogen) atoms. The van der Waals surface area contributed by atoms with Gasteiger partial charge < -0.3 is 14.0 Å². The molecule has 0 atom stereocenters. The molecule has 0 radical (unpaired) electrons. The monoisotopic (exact) mass is 768 g/mol. The van der Waals surface area contributed by atoms with E-state index in [9.17, 15) is 0 Å². The van der Waals surface area contributed by atoms with E-state index >= 15 is 0 Å². The molecule has 0 bridgehead atoms. The van der Waals surface area contributed by atoms with Crippen LogP contribution in [0.3, 0.4) is 0 Å². The summed E-state index contributed by atoms with van der Waals surface area (Å²) in [6.45, 7) is 6.25. The molecule has 7 aromatic carbocycles. The van der Waals surface area contributed by atoms with Crippen molar-refractivity contribution in [3.05, 3.63) is 218 Å². The zero-order valence-corrected chi connectivity index (χ0v) is 33.2. The van der Waals surface area contributed by atoms with Crippen LogP contribution in [0.25, 0.3) is 90.2 Å². The van der Waals surface area contributed by atoms with Gasteiger partial charge in [-0.25, -0.2) is 4.98 Å². The van der Waals surface area contributed by atoms with E-state index in [1.54, 1.807) is 0 Å². The van der Waals surface area contributed by atoms with Gasteiger partial charge in [0.15, 0.2) is 0 Å². The second-order valence-electron chi connectivity index (χ2n) is 15.1. The quantitative estimate of drug-likeness (QED) is 0.161. The lowest BCUT2D eigenvalue weighted by atomic mass is 9.92. The molecular formula is C56H40N4. The fourth-order valence-corrected chi connectivity index (χ4v) is 9.30. The average Bonchev–Trinajstić information content (AvgIpc) is 3.78. The largest absolute Gasteiger partial charge is 0.309 e. The summed E-state index contributed by atoms with van der Waals surface area (Å²) in [4.78, 5) is 7.95. The van der Waals surface area contributed by atoms with Crippen LogP contribution in [-0.2, 0) is 0 Å². The minimum absolute atomic E-state index is 0.906. The number of hydrogen-bond donors (Lipinski definition) is 0. The van der Waals surface area contributed by atoms with Crippen LogP contribution < -0.4 is 4.90 Å². The summed E-state index contributed by atoms with van der Waals surface area (Å²) >= 11 is 0. The summed E-state index contributed by atoms with van der Waals surface area (Å²) in [5, 5.41) is 2.36. The van der Waals surface area contributed by atoms with Crippen LogP contribution in [0.1, 0.15) is 18.2 Å². The maximum absolute atomic E-state index is 5.53. The van der Waals surface area contributed by atoms with Crippen molar-refractivity contribution < 1.29 is 0 Å². The molecular weight excluding hydrogens is 729 g/mol. The number of benzene rings is 7. The number of fused-ring (bicyclic) bond motifs is 8. The molecule has 4 heteroatoms. The van der Waals surface area contributed by atoms with Crippen LogP contribution in [-0.4, -0.2) is 14.1 Å². The Labute approximate surface area is 349 Å². The number of nitrogens with zero attached hydrogens (tertiary/aromatic N) is 4. The van der Waals surface area contributed by atoms with E-state index < -0.39 is 0 Å². The molecule has 0 spiro atoms. The van der Waals surface area contributed by atoms with Gasteiger partial charge in [-0.05, 0) is 85.8 Å². The molecule has 11 rings (SSSR count). The molecule has 4 nitrogen and oxygen atoms in total. The second-order valence-corrected chi connectivity index (χ2v) is 15.1. The van der Waals surface area contributed by atoms with Crippen molar-refractivity contribution in [2.24, 2.45) is 0 Å². The van der Waals surface area contributed by atoms with Crippen molar-refractivity contribution in [3.8, 4) is 56.3 Å². The molecule has 10 aromatic rings. The lowest BCUT2D eigenvalue weighted by Crippen LogP contribution is -2.11. The first-order chi connectivity index (χ1) is 29.7. The number of hydrogen-bond acceptors (Lipinski definition) is 2. The number of rotatable bonds is 7. The Kier molecular flexibility index (Phi) is 8.49. The average molecular weight is 769 g/mol. The first-order valence-corrected chi connectivity index (χ1v) is 20.5. The normalized spacial score (nSPS) is 12.1. The molecule has 0 N–H and O–H groups in total. The number of aromatic nitrogens is 3. The molecule has 1 aliphatic rings. The molecule has 0 aliphatic carbocycles. The van der Waals surface area contributed by atoms with Crippen LogP contribution >= 0.6 is 0 Å². The van der Waals surface area contributed by atoms with Crippen LogP contribution in [0.4, 0.5) is 17.1 Å². The van der Waals surface area contributed by atoms with E-state index in [4.69, 9.17) is 4.98 Å². The third kappa shape index (κ3) is 5.49. The minimum Gasteiger partial charge on any atom is -0.309 e. The van der Waals surface area contributed by atoms with Crippen LogP contribution in [0.5, 0.6) is 0 Å². The van der Waals surface area contributed by atoms with Crippen LogP contribution in [0.2, 0.25) is 0 Å². The lowest BCUT2D eigenvalue weighted by molar-refractivity contribution is 1.10. The van der Waals surface area contributed by atoms with Crippen molar-refractivity contribution in [2.45, 2.75) is 6.92 Å². The van der Waals surface area contributed by atoms with E-state index in [1.165, 1.54) is 16.3 Å². The first kappa shape index (κ1) is 35.2. The van der Waals surface area contributed by atoms with E-state index in [0.29, 0.717) is 0 Å². The van der Waals surface area contributed by atoms with Gasteiger partial charge in [-0.1, -0.05) is 140 Å². The molecule has 0 amide bonds.